The van der Waals surface area contributed by atoms with Crippen LogP contribution in [0.1, 0.15) is 63.9 Å². The number of carbonyl (C=O) groups excluding carboxylic acids is 1. The van der Waals surface area contributed by atoms with E-state index in [-0.39, 0.29) is 5.69 Å². The van der Waals surface area contributed by atoms with Gasteiger partial charge in [0.1, 0.15) is 23.7 Å². The zero-order valence-corrected chi connectivity index (χ0v) is 15.9. The Morgan fingerprint density at radius 2 is 2.19 bits per heavy atom. The molecule has 2 heterocycles. The second-order valence-corrected chi connectivity index (χ2v) is 7.69. The van der Waals surface area contributed by atoms with Gasteiger partial charge in [0.2, 0.25) is 0 Å². The summed E-state index contributed by atoms with van der Waals surface area (Å²) in [5.74, 6) is 2.27. The molecule has 0 spiro atoms. The van der Waals surface area contributed by atoms with E-state index >= 15 is 0 Å². The van der Waals surface area contributed by atoms with Crippen molar-refractivity contribution in [3.63, 3.8) is 0 Å². The third-order valence-electron chi connectivity index (χ3n) is 3.95. The molecule has 9 heteroatoms. The second kappa shape index (κ2) is 7.31. The number of hydrogen-bond donors (Lipinski definition) is 1. The van der Waals surface area contributed by atoms with Gasteiger partial charge in [0.05, 0.1) is 6.04 Å². The summed E-state index contributed by atoms with van der Waals surface area (Å²) in [5.41, 5.74) is -0.360. The minimum atomic E-state index is -0.594. The molecule has 1 amide bonds. The van der Waals surface area contributed by atoms with Crippen LogP contribution in [0, 0.1) is 17.2 Å². The lowest BCUT2D eigenvalue weighted by Gasteiger charge is -2.21. The summed E-state index contributed by atoms with van der Waals surface area (Å²) in [4.78, 5) is 24.8. The number of carbonyl (C=O) groups is 1. The summed E-state index contributed by atoms with van der Waals surface area (Å²) in [6, 6.07) is 3.07. The first-order valence-electron chi connectivity index (χ1n) is 8.93. The number of rotatable bonds is 5. The summed E-state index contributed by atoms with van der Waals surface area (Å²) in [6.45, 7) is 7.21. The van der Waals surface area contributed by atoms with E-state index in [1.807, 2.05) is 6.07 Å². The molecule has 0 aromatic carbocycles. The first kappa shape index (κ1) is 18.8. The molecular formula is C18H23N7O2. The summed E-state index contributed by atoms with van der Waals surface area (Å²) in [7, 11) is 0. The van der Waals surface area contributed by atoms with Gasteiger partial charge in [-0.05, 0) is 46.5 Å². The highest BCUT2D eigenvalue weighted by atomic mass is 16.6. The van der Waals surface area contributed by atoms with Crippen molar-refractivity contribution in [2.75, 3.05) is 0 Å². The van der Waals surface area contributed by atoms with Crippen LogP contribution < -0.4 is 5.32 Å². The van der Waals surface area contributed by atoms with Gasteiger partial charge in [-0.25, -0.2) is 19.7 Å². The normalized spacial score (nSPS) is 15.1. The Morgan fingerprint density at radius 1 is 1.44 bits per heavy atom. The molecule has 2 aromatic rings. The highest BCUT2D eigenvalue weighted by Crippen LogP contribution is 2.32. The van der Waals surface area contributed by atoms with Crippen LogP contribution in [0.25, 0.3) is 5.82 Å². The van der Waals surface area contributed by atoms with Crippen molar-refractivity contribution >= 4 is 6.09 Å². The Morgan fingerprint density at radius 3 is 2.81 bits per heavy atom. The Labute approximate surface area is 157 Å². The van der Waals surface area contributed by atoms with Crippen molar-refractivity contribution in [2.45, 2.75) is 58.6 Å². The van der Waals surface area contributed by atoms with E-state index in [1.165, 1.54) is 19.2 Å². The molecular weight excluding hydrogens is 346 g/mol. The first-order chi connectivity index (χ1) is 12.7. The van der Waals surface area contributed by atoms with Gasteiger partial charge in [-0.3, -0.25) is 0 Å². The average Bonchev–Trinajstić information content (AvgIpc) is 3.29. The van der Waals surface area contributed by atoms with E-state index in [0.29, 0.717) is 23.4 Å². The predicted molar refractivity (Wildman–Crippen MR) is 95.9 cm³/mol. The van der Waals surface area contributed by atoms with Crippen LogP contribution in [-0.4, -0.2) is 36.4 Å². The number of ether oxygens (including phenoxy) is 1. The number of nitrogens with zero attached hydrogens (tertiary/aromatic N) is 6. The Balaban J connectivity index is 1.88. The fraction of sp³-hybridized carbons (Fsp3) is 0.556. The number of amides is 1. The van der Waals surface area contributed by atoms with Crippen LogP contribution in [0.3, 0.4) is 0 Å². The van der Waals surface area contributed by atoms with Crippen LogP contribution in [0.15, 0.2) is 12.4 Å². The third-order valence-corrected chi connectivity index (χ3v) is 3.95. The molecule has 1 N–H and O–H groups in total. The van der Waals surface area contributed by atoms with Gasteiger partial charge in [-0.1, -0.05) is 0 Å². The standard InChI is InChI=1S/C18H23N7O2/c1-11(22-17(26)27-18(2,3)4)16-23-14(7-12-5-6-12)24-25(16)15-8-13(9-19)20-10-21-15/h8,10-12H,5-7H2,1-4H3,(H,22,26)/t11-/m0/s1. The fourth-order valence-electron chi connectivity index (χ4n) is 2.56. The molecule has 1 aliphatic rings. The largest absolute Gasteiger partial charge is 0.444 e. The summed E-state index contributed by atoms with van der Waals surface area (Å²) >= 11 is 0. The second-order valence-electron chi connectivity index (χ2n) is 7.69. The van der Waals surface area contributed by atoms with E-state index < -0.39 is 17.7 Å². The third kappa shape index (κ3) is 5.00. The number of nitrogens with one attached hydrogen (secondary N) is 1. The van der Waals surface area contributed by atoms with Crippen LogP contribution in [0.5, 0.6) is 0 Å². The first-order valence-corrected chi connectivity index (χ1v) is 8.93. The highest BCUT2D eigenvalue weighted by Gasteiger charge is 2.27. The Bertz CT molecular complexity index is 875. The summed E-state index contributed by atoms with van der Waals surface area (Å²) in [6.07, 6.45) is 3.93. The summed E-state index contributed by atoms with van der Waals surface area (Å²) < 4.78 is 6.87. The minimum Gasteiger partial charge on any atom is -0.444 e. The van der Waals surface area contributed by atoms with Crippen molar-refractivity contribution in [2.24, 2.45) is 5.92 Å². The molecule has 1 fully saturated rings. The van der Waals surface area contributed by atoms with E-state index in [0.717, 1.165) is 6.42 Å². The van der Waals surface area contributed by atoms with Crippen molar-refractivity contribution in [3.8, 4) is 11.9 Å². The van der Waals surface area contributed by atoms with Gasteiger partial charge >= 0.3 is 6.09 Å². The highest BCUT2D eigenvalue weighted by molar-refractivity contribution is 5.68. The molecule has 1 aliphatic carbocycles. The molecule has 2 aromatic heterocycles. The van der Waals surface area contributed by atoms with E-state index in [2.05, 4.69) is 25.4 Å². The lowest BCUT2D eigenvalue weighted by molar-refractivity contribution is 0.0505. The topological polar surface area (TPSA) is 119 Å². The van der Waals surface area contributed by atoms with Crippen molar-refractivity contribution < 1.29 is 9.53 Å². The SMILES string of the molecule is C[C@H](NC(=O)OC(C)(C)C)c1nc(CC2CC2)nn1-c1cc(C#N)ncn1. The zero-order valence-electron chi connectivity index (χ0n) is 15.9. The maximum Gasteiger partial charge on any atom is 0.408 e. The molecule has 1 atom stereocenters. The average molecular weight is 369 g/mol. The number of alkyl carbamates (subject to hydrolysis) is 1. The molecule has 9 nitrogen and oxygen atoms in total. The van der Waals surface area contributed by atoms with E-state index in [4.69, 9.17) is 10.00 Å². The smallest absolute Gasteiger partial charge is 0.408 e. The molecule has 0 bridgehead atoms. The molecule has 1 saturated carbocycles. The lowest BCUT2D eigenvalue weighted by Crippen LogP contribution is -2.35. The minimum absolute atomic E-state index is 0.234. The molecule has 0 unspecified atom stereocenters. The van der Waals surface area contributed by atoms with Crippen molar-refractivity contribution in [1.82, 2.24) is 30.0 Å². The van der Waals surface area contributed by atoms with Gasteiger partial charge < -0.3 is 10.1 Å². The van der Waals surface area contributed by atoms with Crippen LogP contribution in [0.2, 0.25) is 0 Å². The quantitative estimate of drug-likeness (QED) is 0.860. The van der Waals surface area contributed by atoms with E-state index in [9.17, 15) is 4.79 Å². The maximum atomic E-state index is 12.1. The zero-order chi connectivity index (χ0) is 19.6. The summed E-state index contributed by atoms with van der Waals surface area (Å²) in [5, 5.41) is 16.4. The molecule has 142 valence electrons. The molecule has 0 radical (unpaired) electrons. The van der Waals surface area contributed by atoms with Crippen LogP contribution >= 0.6 is 0 Å². The fourth-order valence-corrected chi connectivity index (χ4v) is 2.56. The Hall–Kier alpha value is -3.02. The van der Waals surface area contributed by atoms with E-state index in [1.54, 1.807) is 38.4 Å². The van der Waals surface area contributed by atoms with Crippen LogP contribution in [0.4, 0.5) is 4.79 Å². The Kier molecular flexibility index (Phi) is 5.08. The van der Waals surface area contributed by atoms with Crippen LogP contribution in [-0.2, 0) is 11.2 Å². The molecule has 0 aliphatic heterocycles. The molecule has 0 saturated heterocycles. The van der Waals surface area contributed by atoms with Gasteiger partial charge in [-0.2, -0.15) is 9.94 Å². The van der Waals surface area contributed by atoms with Gasteiger partial charge in [-0.15, -0.1) is 5.10 Å². The number of nitriles is 1. The molecule has 3 rings (SSSR count). The lowest BCUT2D eigenvalue weighted by atomic mass is 10.2. The monoisotopic (exact) mass is 369 g/mol. The molecule has 27 heavy (non-hydrogen) atoms. The number of hydrogen-bond acceptors (Lipinski definition) is 7. The van der Waals surface area contributed by atoms with Crippen molar-refractivity contribution in [3.05, 3.63) is 29.7 Å². The number of aromatic nitrogens is 5. The maximum absolute atomic E-state index is 12.1. The van der Waals surface area contributed by atoms with Gasteiger partial charge in [0, 0.05) is 12.5 Å². The predicted octanol–water partition coefficient (Wildman–Crippen LogP) is 2.47. The van der Waals surface area contributed by atoms with Crippen molar-refractivity contribution in [1.29, 1.82) is 5.26 Å². The van der Waals surface area contributed by atoms with Gasteiger partial charge in [0.15, 0.2) is 17.5 Å². The van der Waals surface area contributed by atoms with Gasteiger partial charge in [0.25, 0.3) is 0 Å².